The molecule has 0 unspecified atom stereocenters. The summed E-state index contributed by atoms with van der Waals surface area (Å²) in [6.45, 7) is 7.31. The number of ether oxygens (including phenoxy) is 1. The summed E-state index contributed by atoms with van der Waals surface area (Å²) < 4.78 is 40.7. The molecule has 0 N–H and O–H groups in total. The number of hydrogen-bond acceptors (Lipinski definition) is 7. The Morgan fingerprint density at radius 1 is 1.13 bits per heavy atom. The molecule has 0 saturated carbocycles. The minimum absolute atomic E-state index is 0.144. The van der Waals surface area contributed by atoms with Crippen LogP contribution in [-0.2, 0) is 21.4 Å². The highest BCUT2D eigenvalue weighted by atomic mass is 32.2. The van der Waals surface area contributed by atoms with Crippen LogP contribution in [0.5, 0.6) is 0 Å². The molecule has 10 heteroatoms. The van der Waals surface area contributed by atoms with E-state index in [1.54, 1.807) is 33.3 Å². The van der Waals surface area contributed by atoms with Crippen LogP contribution in [0.1, 0.15) is 33.1 Å². The Bertz CT molecular complexity index is 1030. The number of benzene rings is 1. The van der Waals surface area contributed by atoms with Gasteiger partial charge in [0.15, 0.2) is 0 Å². The van der Waals surface area contributed by atoms with Gasteiger partial charge in [-0.25, -0.2) is 13.1 Å². The number of sulfonamides is 1. The topological polar surface area (TPSA) is 80.8 Å². The molecule has 0 bridgehead atoms. The van der Waals surface area contributed by atoms with E-state index in [1.807, 2.05) is 13.8 Å². The number of aromatic nitrogens is 2. The van der Waals surface area contributed by atoms with Gasteiger partial charge in [-0.05, 0) is 57.1 Å². The first kappa shape index (κ1) is 21.6. The van der Waals surface area contributed by atoms with Gasteiger partial charge in [0.2, 0.25) is 15.9 Å². The van der Waals surface area contributed by atoms with Crippen LogP contribution in [0.3, 0.4) is 0 Å². The monoisotopic (exact) mass is 452 g/mol. The van der Waals surface area contributed by atoms with Crippen molar-refractivity contribution < 1.29 is 17.6 Å². The zero-order valence-electron chi connectivity index (χ0n) is 17.4. The van der Waals surface area contributed by atoms with E-state index < -0.39 is 10.0 Å². The zero-order valence-corrected chi connectivity index (χ0v) is 19.0. The maximum absolute atomic E-state index is 13.0. The zero-order chi connectivity index (χ0) is 21.3. The van der Waals surface area contributed by atoms with E-state index in [0.717, 1.165) is 32.4 Å². The fraction of sp³-hybridized carbons (Fsp3) is 0.600. The lowest BCUT2D eigenvalue weighted by atomic mass is 10.2. The normalized spacial score (nSPS) is 24.2. The first-order chi connectivity index (χ1) is 14.3. The molecule has 0 spiro atoms. The van der Waals surface area contributed by atoms with Crippen LogP contribution in [-0.4, -0.2) is 65.8 Å². The Labute approximate surface area is 182 Å². The van der Waals surface area contributed by atoms with Crippen LogP contribution >= 0.6 is 12.2 Å². The minimum atomic E-state index is -3.52. The highest BCUT2D eigenvalue weighted by molar-refractivity contribution is 7.89. The van der Waals surface area contributed by atoms with Crippen molar-refractivity contribution >= 4 is 22.2 Å². The Morgan fingerprint density at radius 2 is 1.83 bits per heavy atom. The predicted octanol–water partition coefficient (Wildman–Crippen LogP) is 3.11. The van der Waals surface area contributed by atoms with Crippen molar-refractivity contribution in [1.29, 1.82) is 0 Å². The summed E-state index contributed by atoms with van der Waals surface area (Å²) in [6.07, 6.45) is 3.16. The highest BCUT2D eigenvalue weighted by Gasteiger charge is 2.27. The fourth-order valence-electron chi connectivity index (χ4n) is 4.15. The maximum atomic E-state index is 13.0. The molecule has 2 aliphatic heterocycles. The second kappa shape index (κ2) is 8.88. The molecule has 164 valence electrons. The highest BCUT2D eigenvalue weighted by Crippen LogP contribution is 2.25. The van der Waals surface area contributed by atoms with Gasteiger partial charge in [-0.3, -0.25) is 4.90 Å². The van der Waals surface area contributed by atoms with Crippen LogP contribution in [0.15, 0.2) is 33.6 Å². The molecule has 4 rings (SSSR count). The second-order valence-electron chi connectivity index (χ2n) is 8.10. The lowest BCUT2D eigenvalue weighted by molar-refractivity contribution is -0.0778. The van der Waals surface area contributed by atoms with Crippen molar-refractivity contribution in [2.24, 2.45) is 0 Å². The number of piperidine rings is 1. The molecule has 0 aliphatic carbocycles. The van der Waals surface area contributed by atoms with E-state index in [4.69, 9.17) is 21.4 Å². The standard InChI is InChI=1S/C20H28N4O4S2/c1-15-12-22(13-16(2)27-15)14-24-20(29)28-19(21-24)17-7-6-8-18(11-17)30(25,26)23-9-4-3-5-10-23/h6-8,11,15-16H,3-5,9-10,12-14H2,1-2H3/t15-,16+. The third kappa shape index (κ3) is 4.67. The van der Waals surface area contributed by atoms with Crippen LogP contribution in [0.4, 0.5) is 0 Å². The molecule has 0 radical (unpaired) electrons. The van der Waals surface area contributed by atoms with Crippen molar-refractivity contribution in [3.05, 3.63) is 29.1 Å². The fourth-order valence-corrected chi connectivity index (χ4v) is 5.89. The van der Waals surface area contributed by atoms with Crippen LogP contribution in [0.2, 0.25) is 0 Å². The van der Waals surface area contributed by atoms with Crippen LogP contribution < -0.4 is 0 Å². The summed E-state index contributed by atoms with van der Waals surface area (Å²) in [5.41, 5.74) is 0.599. The number of nitrogens with zero attached hydrogens (tertiary/aromatic N) is 4. The molecule has 3 heterocycles. The van der Waals surface area contributed by atoms with E-state index in [2.05, 4.69) is 10.00 Å². The van der Waals surface area contributed by atoms with E-state index >= 15 is 0 Å². The molecule has 8 nitrogen and oxygen atoms in total. The molecule has 1 aromatic carbocycles. The average molecular weight is 453 g/mol. The van der Waals surface area contributed by atoms with E-state index in [9.17, 15) is 8.42 Å². The van der Waals surface area contributed by atoms with Crippen molar-refractivity contribution in [3.8, 4) is 11.5 Å². The molecule has 2 fully saturated rings. The van der Waals surface area contributed by atoms with E-state index in [1.165, 1.54) is 0 Å². The Hall–Kier alpha value is -1.59. The maximum Gasteiger partial charge on any atom is 0.288 e. The number of morpholine rings is 1. The first-order valence-electron chi connectivity index (χ1n) is 10.4. The Balaban J connectivity index is 1.56. The summed E-state index contributed by atoms with van der Waals surface area (Å²) >= 11 is 5.36. The van der Waals surface area contributed by atoms with Gasteiger partial charge in [0, 0.05) is 31.7 Å². The minimum Gasteiger partial charge on any atom is -0.409 e. The van der Waals surface area contributed by atoms with Gasteiger partial charge in [-0.1, -0.05) is 12.5 Å². The molecular formula is C20H28N4O4S2. The number of hydrogen-bond donors (Lipinski definition) is 0. The summed E-state index contributed by atoms with van der Waals surface area (Å²) in [5.74, 6) is 0.324. The van der Waals surface area contributed by atoms with Gasteiger partial charge >= 0.3 is 0 Å². The summed E-state index contributed by atoms with van der Waals surface area (Å²) in [6, 6.07) is 6.75. The molecule has 1 aromatic heterocycles. The molecule has 0 amide bonds. The smallest absolute Gasteiger partial charge is 0.288 e. The third-order valence-corrected chi connectivity index (χ3v) is 7.66. The summed E-state index contributed by atoms with van der Waals surface area (Å²) in [4.78, 5) is 2.74. The SMILES string of the molecule is C[C@@H]1CN(Cn2nc(-c3cccc(S(=O)(=O)N4CCCCC4)c3)oc2=S)C[C@H](C)O1. The molecule has 2 aromatic rings. The lowest BCUT2D eigenvalue weighted by Crippen LogP contribution is -2.46. The van der Waals surface area contributed by atoms with Gasteiger partial charge in [0.25, 0.3) is 4.84 Å². The summed E-state index contributed by atoms with van der Waals surface area (Å²) in [5, 5.41) is 4.51. The quantitative estimate of drug-likeness (QED) is 0.645. The van der Waals surface area contributed by atoms with Gasteiger partial charge in [-0.2, -0.15) is 4.31 Å². The largest absolute Gasteiger partial charge is 0.409 e. The van der Waals surface area contributed by atoms with Gasteiger partial charge < -0.3 is 9.15 Å². The van der Waals surface area contributed by atoms with Crippen molar-refractivity contribution in [3.63, 3.8) is 0 Å². The van der Waals surface area contributed by atoms with Crippen molar-refractivity contribution in [2.45, 2.75) is 56.9 Å². The molecular weight excluding hydrogens is 424 g/mol. The van der Waals surface area contributed by atoms with Crippen molar-refractivity contribution in [1.82, 2.24) is 19.0 Å². The van der Waals surface area contributed by atoms with Crippen LogP contribution in [0.25, 0.3) is 11.5 Å². The molecule has 2 aliphatic rings. The third-order valence-electron chi connectivity index (χ3n) is 5.47. The average Bonchev–Trinajstić information content (AvgIpc) is 3.08. The Morgan fingerprint density at radius 3 is 2.53 bits per heavy atom. The number of rotatable bonds is 5. The first-order valence-corrected chi connectivity index (χ1v) is 12.2. The second-order valence-corrected chi connectivity index (χ2v) is 10.4. The van der Waals surface area contributed by atoms with E-state index in [-0.39, 0.29) is 21.9 Å². The Kier molecular flexibility index (Phi) is 6.40. The van der Waals surface area contributed by atoms with Crippen LogP contribution in [0, 0.1) is 4.84 Å². The van der Waals surface area contributed by atoms with Crippen molar-refractivity contribution in [2.75, 3.05) is 26.2 Å². The predicted molar refractivity (Wildman–Crippen MR) is 115 cm³/mol. The van der Waals surface area contributed by atoms with Gasteiger partial charge in [0.05, 0.1) is 23.8 Å². The van der Waals surface area contributed by atoms with Gasteiger partial charge in [0.1, 0.15) is 0 Å². The molecule has 2 atom stereocenters. The lowest BCUT2D eigenvalue weighted by Gasteiger charge is -2.34. The van der Waals surface area contributed by atoms with E-state index in [0.29, 0.717) is 31.2 Å². The van der Waals surface area contributed by atoms with Gasteiger partial charge in [-0.15, -0.1) is 5.10 Å². The molecule has 2 saturated heterocycles. The summed E-state index contributed by atoms with van der Waals surface area (Å²) in [7, 11) is -3.52. The molecule has 30 heavy (non-hydrogen) atoms.